The normalized spacial score (nSPS) is 10.5. The Balaban J connectivity index is 1.58. The highest BCUT2D eigenvalue weighted by Gasteiger charge is 2.12. The minimum absolute atomic E-state index is 0.0815. The van der Waals surface area contributed by atoms with Crippen molar-refractivity contribution < 1.29 is 14.1 Å². The van der Waals surface area contributed by atoms with Crippen LogP contribution in [0.15, 0.2) is 47.2 Å². The molecule has 0 atom stereocenters. The van der Waals surface area contributed by atoms with Crippen LogP contribution < -0.4 is 10.6 Å². The molecular weight excluding hydrogens is 358 g/mol. The molecule has 0 radical (unpaired) electrons. The molecule has 144 valence electrons. The summed E-state index contributed by atoms with van der Waals surface area (Å²) in [4.78, 5) is 32.1. The molecule has 2 heterocycles. The summed E-state index contributed by atoms with van der Waals surface area (Å²) in [5, 5.41) is 9.55. The molecule has 0 saturated carbocycles. The van der Waals surface area contributed by atoms with Crippen LogP contribution in [0.5, 0.6) is 0 Å². The number of carbonyl (C=O) groups excluding carboxylic acids is 2. The fourth-order valence-corrected chi connectivity index (χ4v) is 2.49. The van der Waals surface area contributed by atoms with Gasteiger partial charge in [0.05, 0.1) is 0 Å². The van der Waals surface area contributed by atoms with Crippen molar-refractivity contribution in [3.05, 3.63) is 54.2 Å². The maximum atomic E-state index is 12.3. The molecule has 8 nitrogen and oxygen atoms in total. The van der Waals surface area contributed by atoms with Gasteiger partial charge in [0.25, 0.3) is 0 Å². The molecule has 8 heteroatoms. The first-order chi connectivity index (χ1) is 13.5. The summed E-state index contributed by atoms with van der Waals surface area (Å²) in [5.41, 5.74) is 2.95. The molecule has 0 aliphatic rings. The van der Waals surface area contributed by atoms with Gasteiger partial charge in [0.2, 0.25) is 23.5 Å². The lowest BCUT2D eigenvalue weighted by atomic mass is 10.1. The number of amides is 2. The minimum Gasteiger partial charge on any atom is -0.339 e. The van der Waals surface area contributed by atoms with E-state index in [2.05, 4.69) is 25.8 Å². The molecular formula is C20H21N5O3. The summed E-state index contributed by atoms with van der Waals surface area (Å²) in [5.74, 6) is 0.568. The van der Waals surface area contributed by atoms with Crippen molar-refractivity contribution in [1.82, 2.24) is 15.1 Å². The predicted molar refractivity (Wildman–Crippen MR) is 105 cm³/mol. The first-order valence-corrected chi connectivity index (χ1v) is 8.98. The number of anilines is 2. The van der Waals surface area contributed by atoms with Gasteiger partial charge in [0, 0.05) is 48.6 Å². The number of nitrogens with zero attached hydrogens (tertiary/aromatic N) is 3. The fraction of sp³-hybridized carbons (Fsp3) is 0.250. The standard InChI is InChI=1S/C20H21N5O3/c1-3-17(26)22-15-7-6-13(2)16(11-15)23-18(27)8-9-19-24-20(25-28-19)14-5-4-10-21-12-14/h4-7,10-12H,3,8-9H2,1-2H3,(H,22,26)(H,23,27). The molecule has 2 aromatic heterocycles. The van der Waals surface area contributed by atoms with E-state index in [0.29, 0.717) is 35.9 Å². The Morgan fingerprint density at radius 3 is 2.75 bits per heavy atom. The van der Waals surface area contributed by atoms with Crippen LogP contribution in [0.4, 0.5) is 11.4 Å². The van der Waals surface area contributed by atoms with E-state index in [0.717, 1.165) is 11.1 Å². The third-order valence-corrected chi connectivity index (χ3v) is 4.07. The van der Waals surface area contributed by atoms with Gasteiger partial charge in [-0.15, -0.1) is 0 Å². The SMILES string of the molecule is CCC(=O)Nc1ccc(C)c(NC(=O)CCc2nc(-c3cccnc3)no2)c1. The predicted octanol–water partition coefficient (Wildman–Crippen LogP) is 3.36. The topological polar surface area (TPSA) is 110 Å². The number of carbonyl (C=O) groups is 2. The third kappa shape index (κ3) is 5.00. The van der Waals surface area contributed by atoms with Gasteiger partial charge in [-0.1, -0.05) is 18.1 Å². The highest BCUT2D eigenvalue weighted by molar-refractivity contribution is 5.94. The van der Waals surface area contributed by atoms with E-state index >= 15 is 0 Å². The van der Waals surface area contributed by atoms with Gasteiger partial charge >= 0.3 is 0 Å². The smallest absolute Gasteiger partial charge is 0.227 e. The first-order valence-electron chi connectivity index (χ1n) is 8.98. The Morgan fingerprint density at radius 1 is 1.14 bits per heavy atom. The van der Waals surface area contributed by atoms with Crippen LogP contribution >= 0.6 is 0 Å². The second-order valence-electron chi connectivity index (χ2n) is 6.23. The lowest BCUT2D eigenvalue weighted by Gasteiger charge is -2.11. The third-order valence-electron chi connectivity index (χ3n) is 4.07. The van der Waals surface area contributed by atoms with E-state index in [1.165, 1.54) is 0 Å². The summed E-state index contributed by atoms with van der Waals surface area (Å²) in [6.07, 6.45) is 4.22. The van der Waals surface area contributed by atoms with Crippen molar-refractivity contribution in [1.29, 1.82) is 0 Å². The minimum atomic E-state index is -0.178. The Labute approximate surface area is 162 Å². The number of nitrogens with one attached hydrogen (secondary N) is 2. The van der Waals surface area contributed by atoms with E-state index < -0.39 is 0 Å². The number of rotatable bonds is 7. The first kappa shape index (κ1) is 19.2. The highest BCUT2D eigenvalue weighted by atomic mass is 16.5. The number of hydrogen-bond donors (Lipinski definition) is 2. The Hall–Kier alpha value is -3.55. The van der Waals surface area contributed by atoms with Gasteiger partial charge in [0.1, 0.15) is 0 Å². The van der Waals surface area contributed by atoms with Gasteiger partial charge in [-0.3, -0.25) is 14.6 Å². The van der Waals surface area contributed by atoms with Crippen molar-refractivity contribution in [2.75, 3.05) is 10.6 Å². The van der Waals surface area contributed by atoms with Gasteiger partial charge in [-0.05, 0) is 36.8 Å². The number of hydrogen-bond acceptors (Lipinski definition) is 6. The molecule has 3 rings (SSSR count). The summed E-state index contributed by atoms with van der Waals surface area (Å²) in [6, 6.07) is 9.02. The van der Waals surface area contributed by atoms with E-state index in [1.807, 2.05) is 19.1 Å². The van der Waals surface area contributed by atoms with Gasteiger partial charge in [-0.2, -0.15) is 4.98 Å². The zero-order valence-electron chi connectivity index (χ0n) is 15.7. The van der Waals surface area contributed by atoms with Crippen molar-refractivity contribution in [3.63, 3.8) is 0 Å². The van der Waals surface area contributed by atoms with Gasteiger partial charge in [-0.25, -0.2) is 0 Å². The number of aryl methyl sites for hydroxylation is 2. The van der Waals surface area contributed by atoms with Crippen LogP contribution in [0.2, 0.25) is 0 Å². The quantitative estimate of drug-likeness (QED) is 0.651. The molecule has 0 fully saturated rings. The van der Waals surface area contributed by atoms with E-state index in [-0.39, 0.29) is 18.2 Å². The van der Waals surface area contributed by atoms with Crippen LogP contribution in [-0.2, 0) is 16.0 Å². The molecule has 0 unspecified atom stereocenters. The number of aromatic nitrogens is 3. The van der Waals surface area contributed by atoms with E-state index in [4.69, 9.17) is 4.52 Å². The molecule has 28 heavy (non-hydrogen) atoms. The maximum Gasteiger partial charge on any atom is 0.227 e. The van der Waals surface area contributed by atoms with E-state index in [9.17, 15) is 9.59 Å². The summed E-state index contributed by atoms with van der Waals surface area (Å²) < 4.78 is 5.20. The Morgan fingerprint density at radius 2 is 2.00 bits per heavy atom. The summed E-state index contributed by atoms with van der Waals surface area (Å²) >= 11 is 0. The number of benzene rings is 1. The molecule has 0 aliphatic heterocycles. The molecule has 1 aromatic carbocycles. The highest BCUT2D eigenvalue weighted by Crippen LogP contribution is 2.21. The van der Waals surface area contributed by atoms with Crippen molar-refractivity contribution in [2.24, 2.45) is 0 Å². The van der Waals surface area contributed by atoms with Crippen LogP contribution in [0.25, 0.3) is 11.4 Å². The molecule has 2 N–H and O–H groups in total. The van der Waals surface area contributed by atoms with Crippen molar-refractivity contribution >= 4 is 23.2 Å². The second-order valence-corrected chi connectivity index (χ2v) is 6.23. The van der Waals surface area contributed by atoms with E-state index in [1.54, 1.807) is 37.5 Å². The summed E-state index contributed by atoms with van der Waals surface area (Å²) in [7, 11) is 0. The van der Waals surface area contributed by atoms with Gasteiger partial charge < -0.3 is 15.2 Å². The van der Waals surface area contributed by atoms with Crippen molar-refractivity contribution in [2.45, 2.75) is 33.1 Å². The molecule has 0 saturated heterocycles. The molecule has 3 aromatic rings. The van der Waals surface area contributed by atoms with Crippen molar-refractivity contribution in [3.8, 4) is 11.4 Å². The fourth-order valence-electron chi connectivity index (χ4n) is 2.49. The van der Waals surface area contributed by atoms with Crippen LogP contribution in [0, 0.1) is 6.92 Å². The number of pyridine rings is 1. The van der Waals surface area contributed by atoms with Crippen LogP contribution in [-0.4, -0.2) is 26.9 Å². The van der Waals surface area contributed by atoms with Crippen LogP contribution in [0.3, 0.4) is 0 Å². The molecule has 2 amide bonds. The largest absolute Gasteiger partial charge is 0.339 e. The van der Waals surface area contributed by atoms with Gasteiger partial charge in [0.15, 0.2) is 0 Å². The molecule has 0 bridgehead atoms. The van der Waals surface area contributed by atoms with Crippen LogP contribution in [0.1, 0.15) is 31.2 Å². The average Bonchev–Trinajstić information content (AvgIpc) is 3.18. The summed E-state index contributed by atoms with van der Waals surface area (Å²) in [6.45, 7) is 3.67. The Bertz CT molecular complexity index is 969. The lowest BCUT2D eigenvalue weighted by molar-refractivity contribution is -0.116. The zero-order valence-corrected chi connectivity index (χ0v) is 15.7. The zero-order chi connectivity index (χ0) is 19.9. The lowest BCUT2D eigenvalue weighted by Crippen LogP contribution is -2.14. The molecule has 0 spiro atoms. The maximum absolute atomic E-state index is 12.3. The average molecular weight is 379 g/mol. The molecule has 0 aliphatic carbocycles. The Kier molecular flexibility index (Phi) is 6.11. The second kappa shape index (κ2) is 8.90. The monoisotopic (exact) mass is 379 g/mol.